The fourth-order valence-electron chi connectivity index (χ4n) is 2.75. The number of anilines is 1. The maximum absolute atomic E-state index is 9.94. The summed E-state index contributed by atoms with van der Waals surface area (Å²) in [7, 11) is 0. The Morgan fingerprint density at radius 2 is 1.89 bits per heavy atom. The highest BCUT2D eigenvalue weighted by Gasteiger charge is 2.40. The molecule has 1 aromatic carbocycles. The number of hydrogen-bond acceptors (Lipinski definition) is 2. The molecule has 0 spiro atoms. The van der Waals surface area contributed by atoms with Gasteiger partial charge >= 0.3 is 0 Å². The lowest BCUT2D eigenvalue weighted by molar-refractivity contribution is 0.151. The predicted molar refractivity (Wildman–Crippen MR) is 75.4 cm³/mol. The van der Waals surface area contributed by atoms with Gasteiger partial charge in [-0.05, 0) is 49.8 Å². The quantitative estimate of drug-likeness (QED) is 0.906. The van der Waals surface area contributed by atoms with Gasteiger partial charge in [-0.2, -0.15) is 0 Å². The molecule has 0 atom stereocenters. The highest BCUT2D eigenvalue weighted by Crippen LogP contribution is 2.39. The van der Waals surface area contributed by atoms with E-state index in [0.29, 0.717) is 0 Å². The maximum atomic E-state index is 9.94. The van der Waals surface area contributed by atoms with Crippen LogP contribution in [0.5, 0.6) is 0 Å². The van der Waals surface area contributed by atoms with Crippen LogP contribution in [0.4, 0.5) is 5.69 Å². The minimum atomic E-state index is -0.435. The van der Waals surface area contributed by atoms with Crippen molar-refractivity contribution in [2.45, 2.75) is 44.1 Å². The van der Waals surface area contributed by atoms with Crippen LogP contribution in [-0.4, -0.2) is 23.8 Å². The van der Waals surface area contributed by atoms with Gasteiger partial charge in [-0.3, -0.25) is 0 Å². The summed E-state index contributed by atoms with van der Waals surface area (Å²) in [6.45, 7) is 2.23. The number of benzene rings is 1. The molecule has 1 aliphatic heterocycles. The zero-order chi connectivity index (χ0) is 12.6. The molecule has 2 nitrogen and oxygen atoms in total. The van der Waals surface area contributed by atoms with E-state index in [4.69, 9.17) is 11.6 Å². The summed E-state index contributed by atoms with van der Waals surface area (Å²) >= 11 is 6.39. The fourth-order valence-corrected chi connectivity index (χ4v) is 3.08. The summed E-state index contributed by atoms with van der Waals surface area (Å²) in [5.41, 5.74) is 1.87. The van der Waals surface area contributed by atoms with Gasteiger partial charge in [0, 0.05) is 19.5 Å². The third kappa shape index (κ3) is 2.65. The van der Waals surface area contributed by atoms with Gasteiger partial charge in [-0.1, -0.05) is 17.7 Å². The first kappa shape index (κ1) is 12.3. The molecule has 1 aliphatic carbocycles. The molecule has 0 bridgehead atoms. The van der Waals surface area contributed by atoms with E-state index in [1.54, 1.807) is 0 Å². The normalized spacial score (nSPS) is 22.0. The van der Waals surface area contributed by atoms with Crippen molar-refractivity contribution in [1.82, 2.24) is 0 Å². The highest BCUT2D eigenvalue weighted by molar-refractivity contribution is 6.33. The molecule has 2 aliphatic rings. The van der Waals surface area contributed by atoms with Crippen molar-refractivity contribution in [2.24, 2.45) is 0 Å². The molecule has 0 aromatic heterocycles. The van der Waals surface area contributed by atoms with Gasteiger partial charge in [-0.15, -0.1) is 0 Å². The van der Waals surface area contributed by atoms with Gasteiger partial charge in [0.05, 0.1) is 16.3 Å². The van der Waals surface area contributed by atoms with Crippen molar-refractivity contribution >= 4 is 17.3 Å². The number of aliphatic hydroxyl groups is 1. The molecule has 98 valence electrons. The van der Waals surface area contributed by atoms with Crippen LogP contribution in [0.25, 0.3) is 0 Å². The lowest BCUT2D eigenvalue weighted by atomic mass is 10.0. The zero-order valence-corrected chi connectivity index (χ0v) is 11.4. The van der Waals surface area contributed by atoms with E-state index in [1.165, 1.54) is 19.3 Å². The molecule has 0 unspecified atom stereocenters. The molecule has 1 heterocycles. The molecule has 1 saturated carbocycles. The molecule has 0 radical (unpaired) electrons. The average Bonchev–Trinajstić information content (AvgIpc) is 3.08. The van der Waals surface area contributed by atoms with E-state index in [0.717, 1.165) is 48.6 Å². The van der Waals surface area contributed by atoms with Gasteiger partial charge in [0.15, 0.2) is 0 Å². The van der Waals surface area contributed by atoms with Gasteiger partial charge in [0.2, 0.25) is 0 Å². The number of piperidine rings is 1. The second kappa shape index (κ2) is 4.75. The van der Waals surface area contributed by atoms with Gasteiger partial charge in [0.1, 0.15) is 0 Å². The number of halogens is 1. The van der Waals surface area contributed by atoms with Crippen molar-refractivity contribution in [1.29, 1.82) is 0 Å². The lowest BCUT2D eigenvalue weighted by Crippen LogP contribution is -2.29. The smallest absolute Gasteiger partial charge is 0.0690 e. The summed E-state index contributed by atoms with van der Waals surface area (Å²) in [6, 6.07) is 6.27. The molecule has 18 heavy (non-hydrogen) atoms. The summed E-state index contributed by atoms with van der Waals surface area (Å²) in [4.78, 5) is 2.38. The minimum absolute atomic E-state index is 0.435. The molecule has 1 N–H and O–H groups in total. The summed E-state index contributed by atoms with van der Waals surface area (Å²) in [6.07, 6.45) is 6.46. The second-order valence-corrected chi connectivity index (χ2v) is 6.14. The molecule has 1 saturated heterocycles. The Hall–Kier alpha value is -0.730. The Kier molecular flexibility index (Phi) is 3.25. The average molecular weight is 266 g/mol. The van der Waals surface area contributed by atoms with Crippen molar-refractivity contribution in [3.05, 3.63) is 28.8 Å². The van der Waals surface area contributed by atoms with Crippen LogP contribution in [0.3, 0.4) is 0 Å². The van der Waals surface area contributed by atoms with E-state index < -0.39 is 5.60 Å². The monoisotopic (exact) mass is 265 g/mol. The Morgan fingerprint density at radius 1 is 1.17 bits per heavy atom. The third-order valence-electron chi connectivity index (χ3n) is 4.07. The molecule has 0 amide bonds. The van der Waals surface area contributed by atoms with Crippen LogP contribution in [0.1, 0.15) is 37.7 Å². The van der Waals surface area contributed by atoms with Gasteiger partial charge in [0.25, 0.3) is 0 Å². The molecule has 3 rings (SSSR count). The first-order chi connectivity index (χ1) is 8.66. The van der Waals surface area contributed by atoms with E-state index in [1.807, 2.05) is 6.07 Å². The van der Waals surface area contributed by atoms with Crippen LogP contribution in [0, 0.1) is 0 Å². The van der Waals surface area contributed by atoms with Crippen molar-refractivity contribution < 1.29 is 5.11 Å². The van der Waals surface area contributed by atoms with E-state index in [2.05, 4.69) is 17.0 Å². The van der Waals surface area contributed by atoms with Gasteiger partial charge < -0.3 is 10.0 Å². The van der Waals surface area contributed by atoms with E-state index in [9.17, 15) is 5.11 Å². The Morgan fingerprint density at radius 3 is 2.50 bits per heavy atom. The summed E-state index contributed by atoms with van der Waals surface area (Å²) < 4.78 is 0. The molecule has 1 aromatic rings. The Labute approximate surface area is 114 Å². The number of rotatable bonds is 3. The van der Waals surface area contributed by atoms with Crippen LogP contribution in [-0.2, 0) is 6.42 Å². The largest absolute Gasteiger partial charge is 0.390 e. The lowest BCUT2D eigenvalue weighted by Gasteiger charge is -2.29. The summed E-state index contributed by atoms with van der Waals surface area (Å²) in [5.74, 6) is 0. The topological polar surface area (TPSA) is 23.5 Å². The maximum Gasteiger partial charge on any atom is 0.0690 e. The van der Waals surface area contributed by atoms with Crippen LogP contribution < -0.4 is 4.90 Å². The van der Waals surface area contributed by atoms with Crippen molar-refractivity contribution in [2.75, 3.05) is 18.0 Å². The Balaban J connectivity index is 1.75. The van der Waals surface area contributed by atoms with Crippen molar-refractivity contribution in [3.63, 3.8) is 0 Å². The van der Waals surface area contributed by atoms with Crippen LogP contribution >= 0.6 is 11.6 Å². The molecular formula is C15H20ClNO. The highest BCUT2D eigenvalue weighted by atomic mass is 35.5. The van der Waals surface area contributed by atoms with Gasteiger partial charge in [-0.25, -0.2) is 0 Å². The first-order valence-corrected chi connectivity index (χ1v) is 7.30. The molecule has 3 heteroatoms. The fraction of sp³-hybridized carbons (Fsp3) is 0.600. The molecular weight excluding hydrogens is 246 g/mol. The predicted octanol–water partition coefficient (Wildman–Crippen LogP) is 3.40. The number of nitrogens with zero attached hydrogens (tertiary/aromatic N) is 1. The van der Waals surface area contributed by atoms with Crippen molar-refractivity contribution in [3.8, 4) is 0 Å². The van der Waals surface area contributed by atoms with E-state index >= 15 is 0 Å². The Bertz CT molecular complexity index is 436. The molecule has 2 fully saturated rings. The van der Waals surface area contributed by atoms with E-state index in [-0.39, 0.29) is 0 Å². The zero-order valence-electron chi connectivity index (χ0n) is 10.7. The standard InChI is InChI=1S/C15H20ClNO/c16-13-10-12(11-15(18)6-7-15)4-5-14(13)17-8-2-1-3-9-17/h4-5,10,18H,1-3,6-9,11H2. The minimum Gasteiger partial charge on any atom is -0.390 e. The third-order valence-corrected chi connectivity index (χ3v) is 4.37. The summed E-state index contributed by atoms with van der Waals surface area (Å²) in [5, 5.41) is 10.8. The van der Waals surface area contributed by atoms with Crippen LogP contribution in [0.15, 0.2) is 18.2 Å². The van der Waals surface area contributed by atoms with Crippen LogP contribution in [0.2, 0.25) is 5.02 Å². The SMILES string of the molecule is OC1(Cc2ccc(N3CCCCC3)c(Cl)c2)CC1. The number of hydrogen-bond donors (Lipinski definition) is 1. The first-order valence-electron chi connectivity index (χ1n) is 6.92. The second-order valence-electron chi connectivity index (χ2n) is 5.73.